The van der Waals surface area contributed by atoms with E-state index in [9.17, 15) is 13.2 Å². The molecule has 0 aliphatic carbocycles. The van der Waals surface area contributed by atoms with Crippen molar-refractivity contribution in [1.82, 2.24) is 4.31 Å². The van der Waals surface area contributed by atoms with Crippen molar-refractivity contribution in [1.29, 1.82) is 0 Å². The van der Waals surface area contributed by atoms with Gasteiger partial charge in [-0.25, -0.2) is 8.42 Å². The summed E-state index contributed by atoms with van der Waals surface area (Å²) in [5.74, 6) is 0.321. The largest absolute Gasteiger partial charge is 0.483 e. The number of nitrogens with zero attached hydrogens (tertiary/aromatic N) is 1. The Kier molecular flexibility index (Phi) is 7.21. The third-order valence-electron chi connectivity index (χ3n) is 4.58. The van der Waals surface area contributed by atoms with Gasteiger partial charge in [0.05, 0.1) is 4.90 Å². The number of hydrogen-bond donors (Lipinski definition) is 1. The third-order valence-corrected chi connectivity index (χ3v) is 6.63. The monoisotopic (exact) mass is 404 g/mol. The van der Waals surface area contributed by atoms with E-state index < -0.39 is 10.0 Å². The molecule has 0 radical (unpaired) electrons. The number of amides is 1. The lowest BCUT2D eigenvalue weighted by Gasteiger charge is -2.19. The lowest BCUT2D eigenvalue weighted by atomic mass is 10.1. The van der Waals surface area contributed by atoms with Gasteiger partial charge in [0.15, 0.2) is 6.61 Å². The molecule has 0 aliphatic heterocycles. The Morgan fingerprint density at radius 1 is 1.07 bits per heavy atom. The van der Waals surface area contributed by atoms with Gasteiger partial charge in [-0.1, -0.05) is 26.0 Å². The number of nitrogens with one attached hydrogen (secondary N) is 1. The Hall–Kier alpha value is -2.38. The van der Waals surface area contributed by atoms with Gasteiger partial charge in [0.2, 0.25) is 10.0 Å². The van der Waals surface area contributed by atoms with Gasteiger partial charge < -0.3 is 10.1 Å². The molecule has 0 aromatic heterocycles. The molecule has 2 aromatic carbocycles. The number of carbonyl (C=O) groups is 1. The fraction of sp³-hybridized carbons (Fsp3) is 0.381. The van der Waals surface area contributed by atoms with E-state index >= 15 is 0 Å². The number of aryl methyl sites for hydroxylation is 2. The Morgan fingerprint density at radius 3 is 2.39 bits per heavy atom. The molecule has 0 unspecified atom stereocenters. The fourth-order valence-corrected chi connectivity index (χ4v) is 4.44. The SMILES string of the molecule is CCN(CC)S(=O)(=O)c1cccc(NC(=O)COc2cc(C)cc(C)c2C)c1. The Balaban J connectivity index is 2.09. The number of ether oxygens (including phenoxy) is 1. The van der Waals surface area contributed by atoms with E-state index in [0.717, 1.165) is 16.7 Å². The van der Waals surface area contributed by atoms with Crippen molar-refractivity contribution in [2.75, 3.05) is 25.0 Å². The van der Waals surface area contributed by atoms with Crippen molar-refractivity contribution in [3.05, 3.63) is 53.1 Å². The smallest absolute Gasteiger partial charge is 0.262 e. The second-order valence-electron chi connectivity index (χ2n) is 6.66. The van der Waals surface area contributed by atoms with E-state index in [0.29, 0.717) is 24.5 Å². The first-order chi connectivity index (χ1) is 13.2. The van der Waals surface area contributed by atoms with Crippen molar-refractivity contribution in [2.24, 2.45) is 0 Å². The van der Waals surface area contributed by atoms with Crippen LogP contribution in [0.15, 0.2) is 41.3 Å². The molecule has 152 valence electrons. The Labute approximate surface area is 167 Å². The van der Waals surface area contributed by atoms with Crippen LogP contribution >= 0.6 is 0 Å². The number of rotatable bonds is 8. The van der Waals surface area contributed by atoms with E-state index in [1.54, 1.807) is 26.0 Å². The maximum Gasteiger partial charge on any atom is 0.262 e. The molecular formula is C21H28N2O4S. The standard InChI is InChI=1S/C21H28N2O4S/c1-6-23(7-2)28(25,26)19-10-8-9-18(13-19)22-21(24)14-27-20-12-15(3)11-16(4)17(20)5/h8-13H,6-7,14H2,1-5H3,(H,22,24). The van der Waals surface area contributed by atoms with Crippen LogP contribution in [0.3, 0.4) is 0 Å². The van der Waals surface area contributed by atoms with Gasteiger partial charge in [0.1, 0.15) is 5.75 Å². The van der Waals surface area contributed by atoms with Crippen molar-refractivity contribution in [3.8, 4) is 5.75 Å². The number of sulfonamides is 1. The summed E-state index contributed by atoms with van der Waals surface area (Å²) in [4.78, 5) is 12.4. The van der Waals surface area contributed by atoms with Crippen LogP contribution in [0.25, 0.3) is 0 Å². The predicted octanol–water partition coefficient (Wildman–Crippen LogP) is 3.66. The number of benzene rings is 2. The zero-order chi connectivity index (χ0) is 20.9. The quantitative estimate of drug-likeness (QED) is 0.728. The molecule has 28 heavy (non-hydrogen) atoms. The summed E-state index contributed by atoms with van der Waals surface area (Å²) in [6, 6.07) is 10.2. The van der Waals surface area contributed by atoms with Crippen LogP contribution in [0.5, 0.6) is 5.75 Å². The minimum Gasteiger partial charge on any atom is -0.483 e. The summed E-state index contributed by atoms with van der Waals surface area (Å²) >= 11 is 0. The van der Waals surface area contributed by atoms with Gasteiger partial charge in [-0.2, -0.15) is 4.31 Å². The van der Waals surface area contributed by atoms with E-state index in [4.69, 9.17) is 4.74 Å². The van der Waals surface area contributed by atoms with Crippen molar-refractivity contribution in [2.45, 2.75) is 39.5 Å². The highest BCUT2D eigenvalue weighted by Gasteiger charge is 2.21. The lowest BCUT2D eigenvalue weighted by molar-refractivity contribution is -0.118. The van der Waals surface area contributed by atoms with Crippen molar-refractivity contribution in [3.63, 3.8) is 0 Å². The summed E-state index contributed by atoms with van der Waals surface area (Å²) in [5, 5.41) is 2.70. The van der Waals surface area contributed by atoms with Crippen LogP contribution in [0.4, 0.5) is 5.69 Å². The van der Waals surface area contributed by atoms with Crippen LogP contribution in [-0.2, 0) is 14.8 Å². The summed E-state index contributed by atoms with van der Waals surface area (Å²) in [6.45, 7) is 10.1. The molecule has 2 rings (SSSR count). The zero-order valence-electron chi connectivity index (χ0n) is 17.1. The summed E-state index contributed by atoms with van der Waals surface area (Å²) in [5.41, 5.74) is 3.57. The molecule has 0 heterocycles. The minimum atomic E-state index is -3.58. The molecule has 0 saturated heterocycles. The van der Waals surface area contributed by atoms with Gasteiger partial charge in [-0.15, -0.1) is 0 Å². The van der Waals surface area contributed by atoms with Gasteiger partial charge in [-0.3, -0.25) is 4.79 Å². The molecule has 0 bridgehead atoms. The molecule has 1 amide bonds. The van der Waals surface area contributed by atoms with E-state index in [1.165, 1.54) is 16.4 Å². The van der Waals surface area contributed by atoms with Gasteiger partial charge in [0, 0.05) is 18.8 Å². The third kappa shape index (κ3) is 5.11. The molecule has 0 spiro atoms. The second-order valence-corrected chi connectivity index (χ2v) is 8.60. The van der Waals surface area contributed by atoms with Crippen molar-refractivity contribution >= 4 is 21.6 Å². The minimum absolute atomic E-state index is 0.153. The van der Waals surface area contributed by atoms with Crippen LogP contribution in [0, 0.1) is 20.8 Å². The molecule has 0 fully saturated rings. The molecule has 0 atom stereocenters. The van der Waals surface area contributed by atoms with Crippen LogP contribution < -0.4 is 10.1 Å². The highest BCUT2D eigenvalue weighted by molar-refractivity contribution is 7.89. The molecule has 7 heteroatoms. The molecule has 1 N–H and O–H groups in total. The number of hydrogen-bond acceptors (Lipinski definition) is 4. The van der Waals surface area contributed by atoms with E-state index in [2.05, 4.69) is 11.4 Å². The maximum atomic E-state index is 12.6. The fourth-order valence-electron chi connectivity index (χ4n) is 2.94. The summed E-state index contributed by atoms with van der Waals surface area (Å²) in [7, 11) is -3.58. The van der Waals surface area contributed by atoms with E-state index in [1.807, 2.05) is 26.8 Å². The molecule has 0 saturated carbocycles. The average molecular weight is 405 g/mol. The zero-order valence-corrected chi connectivity index (χ0v) is 17.9. The first-order valence-electron chi connectivity index (χ1n) is 9.29. The van der Waals surface area contributed by atoms with Crippen LogP contribution in [-0.4, -0.2) is 38.3 Å². The summed E-state index contributed by atoms with van der Waals surface area (Å²) in [6.07, 6.45) is 0. The Morgan fingerprint density at radius 2 is 1.75 bits per heavy atom. The maximum absolute atomic E-state index is 12.6. The van der Waals surface area contributed by atoms with Gasteiger partial charge in [-0.05, 0) is 61.7 Å². The molecule has 2 aromatic rings. The Bertz CT molecular complexity index is 951. The van der Waals surface area contributed by atoms with Gasteiger partial charge >= 0.3 is 0 Å². The lowest BCUT2D eigenvalue weighted by Crippen LogP contribution is -2.30. The first kappa shape index (κ1) is 21.9. The molecular weight excluding hydrogens is 376 g/mol. The number of carbonyl (C=O) groups excluding carboxylic acids is 1. The number of anilines is 1. The van der Waals surface area contributed by atoms with E-state index in [-0.39, 0.29) is 17.4 Å². The second kappa shape index (κ2) is 9.21. The normalized spacial score (nSPS) is 11.5. The topological polar surface area (TPSA) is 75.7 Å². The predicted molar refractivity (Wildman–Crippen MR) is 111 cm³/mol. The summed E-state index contributed by atoms with van der Waals surface area (Å²) < 4.78 is 32.3. The first-order valence-corrected chi connectivity index (χ1v) is 10.7. The van der Waals surface area contributed by atoms with Crippen molar-refractivity contribution < 1.29 is 17.9 Å². The molecule has 6 nitrogen and oxygen atoms in total. The highest BCUT2D eigenvalue weighted by atomic mass is 32.2. The average Bonchev–Trinajstić information content (AvgIpc) is 2.64. The van der Waals surface area contributed by atoms with Crippen LogP contribution in [0.2, 0.25) is 0 Å². The van der Waals surface area contributed by atoms with Crippen LogP contribution in [0.1, 0.15) is 30.5 Å². The highest BCUT2D eigenvalue weighted by Crippen LogP contribution is 2.23. The molecule has 0 aliphatic rings. The van der Waals surface area contributed by atoms with Gasteiger partial charge in [0.25, 0.3) is 5.91 Å².